The van der Waals surface area contributed by atoms with Crippen LogP contribution in [0.2, 0.25) is 0 Å². The summed E-state index contributed by atoms with van der Waals surface area (Å²) in [6.07, 6.45) is 2.39. The molecular weight excluding hydrogens is 270 g/mol. The highest BCUT2D eigenvalue weighted by Crippen LogP contribution is 2.25. The molecule has 0 saturated carbocycles. The van der Waals surface area contributed by atoms with Crippen molar-refractivity contribution in [3.8, 4) is 5.75 Å². The second kappa shape index (κ2) is 7.88. The van der Waals surface area contributed by atoms with Crippen molar-refractivity contribution < 1.29 is 4.74 Å². The lowest BCUT2D eigenvalue weighted by Gasteiger charge is -2.31. The highest BCUT2D eigenvalue weighted by molar-refractivity contribution is 5.50. The van der Waals surface area contributed by atoms with E-state index >= 15 is 0 Å². The van der Waals surface area contributed by atoms with Gasteiger partial charge in [-0.25, -0.2) is 0 Å². The first kappa shape index (κ1) is 16.4. The predicted molar refractivity (Wildman–Crippen MR) is 94.7 cm³/mol. The van der Waals surface area contributed by atoms with E-state index in [1.807, 2.05) is 12.1 Å². The number of hydrogen-bond acceptors (Lipinski definition) is 2. The SMILES string of the molecule is CCCC(C)N(Cc1ccc(C)cc1)c1ccc(OC)cc1. The Bertz CT molecular complexity index is 559. The molecule has 0 amide bonds. The van der Waals surface area contributed by atoms with Gasteiger partial charge < -0.3 is 9.64 Å². The van der Waals surface area contributed by atoms with E-state index in [1.165, 1.54) is 29.7 Å². The van der Waals surface area contributed by atoms with Gasteiger partial charge in [0.2, 0.25) is 0 Å². The molecule has 0 radical (unpaired) electrons. The van der Waals surface area contributed by atoms with Crippen molar-refractivity contribution in [3.05, 3.63) is 59.7 Å². The number of methoxy groups -OCH3 is 1. The molecule has 0 fully saturated rings. The van der Waals surface area contributed by atoms with Crippen LogP contribution in [0.15, 0.2) is 48.5 Å². The minimum atomic E-state index is 0.514. The van der Waals surface area contributed by atoms with E-state index in [2.05, 4.69) is 62.1 Å². The van der Waals surface area contributed by atoms with Crippen molar-refractivity contribution in [1.29, 1.82) is 0 Å². The third kappa shape index (κ3) is 4.27. The maximum Gasteiger partial charge on any atom is 0.119 e. The maximum absolute atomic E-state index is 5.27. The summed E-state index contributed by atoms with van der Waals surface area (Å²) in [5, 5.41) is 0. The molecule has 0 saturated heterocycles. The van der Waals surface area contributed by atoms with Crippen molar-refractivity contribution in [1.82, 2.24) is 0 Å². The van der Waals surface area contributed by atoms with Gasteiger partial charge in [-0.1, -0.05) is 43.2 Å². The van der Waals surface area contributed by atoms with E-state index in [9.17, 15) is 0 Å². The van der Waals surface area contributed by atoms with Crippen LogP contribution in [-0.4, -0.2) is 13.2 Å². The van der Waals surface area contributed by atoms with Gasteiger partial charge >= 0.3 is 0 Å². The van der Waals surface area contributed by atoms with Crippen LogP contribution in [0.1, 0.15) is 37.8 Å². The van der Waals surface area contributed by atoms with Crippen LogP contribution in [0.3, 0.4) is 0 Å². The lowest BCUT2D eigenvalue weighted by molar-refractivity contribution is 0.414. The summed E-state index contributed by atoms with van der Waals surface area (Å²) in [5.74, 6) is 0.905. The maximum atomic E-state index is 5.27. The zero-order valence-electron chi connectivity index (χ0n) is 14.2. The molecule has 1 unspecified atom stereocenters. The number of aryl methyl sites for hydroxylation is 1. The summed E-state index contributed by atoms with van der Waals surface area (Å²) in [6.45, 7) is 7.62. The smallest absolute Gasteiger partial charge is 0.119 e. The average molecular weight is 297 g/mol. The Kier molecular flexibility index (Phi) is 5.88. The fraction of sp³-hybridized carbons (Fsp3) is 0.400. The van der Waals surface area contributed by atoms with Crippen molar-refractivity contribution in [3.63, 3.8) is 0 Å². The summed E-state index contributed by atoms with van der Waals surface area (Å²) >= 11 is 0. The second-order valence-electron chi connectivity index (χ2n) is 5.95. The van der Waals surface area contributed by atoms with E-state index in [-0.39, 0.29) is 0 Å². The van der Waals surface area contributed by atoms with E-state index in [0.29, 0.717) is 6.04 Å². The van der Waals surface area contributed by atoms with Crippen LogP contribution < -0.4 is 9.64 Å². The Morgan fingerprint density at radius 1 is 1.00 bits per heavy atom. The van der Waals surface area contributed by atoms with E-state index < -0.39 is 0 Å². The minimum absolute atomic E-state index is 0.514. The van der Waals surface area contributed by atoms with Gasteiger partial charge in [0.25, 0.3) is 0 Å². The van der Waals surface area contributed by atoms with Gasteiger partial charge in [-0.05, 0) is 50.1 Å². The molecule has 0 aliphatic heterocycles. The van der Waals surface area contributed by atoms with Gasteiger partial charge in [0.15, 0.2) is 0 Å². The van der Waals surface area contributed by atoms with Crippen molar-refractivity contribution in [2.24, 2.45) is 0 Å². The predicted octanol–water partition coefficient (Wildman–Crippen LogP) is 5.20. The van der Waals surface area contributed by atoms with Crippen LogP contribution in [0.4, 0.5) is 5.69 Å². The number of rotatable bonds is 7. The summed E-state index contributed by atoms with van der Waals surface area (Å²) in [5.41, 5.74) is 3.91. The summed E-state index contributed by atoms with van der Waals surface area (Å²) in [7, 11) is 1.71. The van der Waals surface area contributed by atoms with Gasteiger partial charge in [0.1, 0.15) is 5.75 Å². The quantitative estimate of drug-likeness (QED) is 0.696. The van der Waals surface area contributed by atoms with E-state index in [4.69, 9.17) is 4.74 Å². The van der Waals surface area contributed by atoms with Crippen LogP contribution in [0.25, 0.3) is 0 Å². The van der Waals surface area contributed by atoms with Crippen molar-refractivity contribution in [2.45, 2.75) is 46.2 Å². The zero-order chi connectivity index (χ0) is 15.9. The van der Waals surface area contributed by atoms with Gasteiger partial charge in [0, 0.05) is 18.3 Å². The molecule has 1 atom stereocenters. The molecule has 0 bridgehead atoms. The summed E-state index contributed by atoms with van der Waals surface area (Å²) in [4.78, 5) is 2.48. The second-order valence-corrected chi connectivity index (χ2v) is 5.95. The molecule has 0 aliphatic rings. The molecule has 2 heteroatoms. The Labute approximate surface area is 134 Å². The number of benzene rings is 2. The minimum Gasteiger partial charge on any atom is -0.497 e. The highest BCUT2D eigenvalue weighted by atomic mass is 16.5. The first-order valence-electron chi connectivity index (χ1n) is 8.10. The third-order valence-corrected chi connectivity index (χ3v) is 4.12. The molecule has 2 aromatic carbocycles. The monoisotopic (exact) mass is 297 g/mol. The molecule has 118 valence electrons. The van der Waals surface area contributed by atoms with Crippen LogP contribution in [-0.2, 0) is 6.54 Å². The number of nitrogens with zero attached hydrogens (tertiary/aromatic N) is 1. The highest BCUT2D eigenvalue weighted by Gasteiger charge is 2.14. The Hall–Kier alpha value is -1.96. The largest absolute Gasteiger partial charge is 0.497 e. The van der Waals surface area contributed by atoms with Gasteiger partial charge in [0.05, 0.1) is 7.11 Å². The lowest BCUT2D eigenvalue weighted by Crippen LogP contribution is -2.32. The molecule has 2 aromatic rings. The van der Waals surface area contributed by atoms with Crippen LogP contribution >= 0.6 is 0 Å². The van der Waals surface area contributed by atoms with Gasteiger partial charge in [-0.15, -0.1) is 0 Å². The molecule has 0 N–H and O–H groups in total. The molecule has 0 aliphatic carbocycles. The van der Waals surface area contributed by atoms with E-state index in [0.717, 1.165) is 12.3 Å². The third-order valence-electron chi connectivity index (χ3n) is 4.12. The number of anilines is 1. The van der Waals surface area contributed by atoms with Gasteiger partial charge in [-0.3, -0.25) is 0 Å². The van der Waals surface area contributed by atoms with E-state index in [1.54, 1.807) is 7.11 Å². The number of hydrogen-bond donors (Lipinski definition) is 0. The van der Waals surface area contributed by atoms with Gasteiger partial charge in [-0.2, -0.15) is 0 Å². The molecule has 0 spiro atoms. The first-order chi connectivity index (χ1) is 10.6. The molecule has 22 heavy (non-hydrogen) atoms. The molecule has 0 aromatic heterocycles. The normalized spacial score (nSPS) is 12.0. The number of ether oxygens (including phenoxy) is 1. The lowest BCUT2D eigenvalue weighted by atomic mass is 10.1. The molecule has 2 nitrogen and oxygen atoms in total. The summed E-state index contributed by atoms with van der Waals surface area (Å²) < 4.78 is 5.27. The van der Waals surface area contributed by atoms with Crippen LogP contribution in [0, 0.1) is 6.92 Å². The Morgan fingerprint density at radius 2 is 1.64 bits per heavy atom. The first-order valence-corrected chi connectivity index (χ1v) is 8.10. The Morgan fingerprint density at radius 3 is 2.18 bits per heavy atom. The fourth-order valence-corrected chi connectivity index (χ4v) is 2.74. The topological polar surface area (TPSA) is 12.5 Å². The van der Waals surface area contributed by atoms with Crippen LogP contribution in [0.5, 0.6) is 5.75 Å². The van der Waals surface area contributed by atoms with Crippen molar-refractivity contribution >= 4 is 5.69 Å². The standard InChI is InChI=1S/C20H27NO/c1-5-6-17(3)21(15-18-9-7-16(2)8-10-18)19-11-13-20(22-4)14-12-19/h7-14,17H,5-6,15H2,1-4H3. The average Bonchev–Trinajstić information content (AvgIpc) is 2.54. The fourth-order valence-electron chi connectivity index (χ4n) is 2.74. The molecular formula is C20H27NO. The van der Waals surface area contributed by atoms with Crippen molar-refractivity contribution in [2.75, 3.05) is 12.0 Å². The molecule has 2 rings (SSSR count). The zero-order valence-corrected chi connectivity index (χ0v) is 14.2. The summed E-state index contributed by atoms with van der Waals surface area (Å²) in [6, 6.07) is 17.7. The Balaban J connectivity index is 2.22. The molecule has 0 heterocycles.